The van der Waals surface area contributed by atoms with Gasteiger partial charge in [-0.1, -0.05) is 24.3 Å². The molecule has 2 aromatic carbocycles. The van der Waals surface area contributed by atoms with Gasteiger partial charge in [0.25, 0.3) is 5.91 Å². The number of ether oxygens (including phenoxy) is 1. The Balaban J connectivity index is 1.73. The lowest BCUT2D eigenvalue weighted by Crippen LogP contribution is -2.32. The molecule has 0 radical (unpaired) electrons. The summed E-state index contributed by atoms with van der Waals surface area (Å²) >= 11 is 0. The van der Waals surface area contributed by atoms with Crippen molar-refractivity contribution >= 4 is 21.6 Å². The average Bonchev–Trinajstić information content (AvgIpc) is 3.18. The summed E-state index contributed by atoms with van der Waals surface area (Å²) in [5.41, 5.74) is 2.99. The van der Waals surface area contributed by atoms with E-state index in [9.17, 15) is 13.2 Å². The third-order valence-electron chi connectivity index (χ3n) is 4.91. The van der Waals surface area contributed by atoms with Crippen molar-refractivity contribution in [2.24, 2.45) is 0 Å². The normalized spacial score (nSPS) is 16.7. The number of anilines is 1. The largest absolute Gasteiger partial charge is 0.376 e. The number of nitrogens with zero attached hydrogens (tertiary/aromatic N) is 1. The summed E-state index contributed by atoms with van der Waals surface area (Å²) in [7, 11) is -3.47. The van der Waals surface area contributed by atoms with Crippen molar-refractivity contribution in [2.45, 2.75) is 32.4 Å². The van der Waals surface area contributed by atoms with Crippen molar-refractivity contribution < 1.29 is 17.9 Å². The molecule has 0 aromatic heterocycles. The molecule has 1 aliphatic rings. The molecule has 0 spiro atoms. The van der Waals surface area contributed by atoms with Crippen LogP contribution in [-0.2, 0) is 21.3 Å². The molecule has 1 aliphatic heterocycles. The van der Waals surface area contributed by atoms with E-state index in [-0.39, 0.29) is 18.6 Å². The molecule has 1 N–H and O–H groups in total. The van der Waals surface area contributed by atoms with Crippen LogP contribution in [0.1, 0.15) is 34.3 Å². The highest BCUT2D eigenvalue weighted by Crippen LogP contribution is 2.22. The van der Waals surface area contributed by atoms with Crippen molar-refractivity contribution in [2.75, 3.05) is 23.7 Å². The molecule has 1 amide bonds. The molecule has 6 nitrogen and oxygen atoms in total. The average molecular weight is 403 g/mol. The molecule has 7 heteroatoms. The van der Waals surface area contributed by atoms with Gasteiger partial charge in [-0.25, -0.2) is 8.42 Å². The molecule has 0 saturated carbocycles. The smallest absolute Gasteiger partial charge is 0.251 e. The summed E-state index contributed by atoms with van der Waals surface area (Å²) in [6.07, 6.45) is 3.25. The maximum Gasteiger partial charge on any atom is 0.251 e. The third-order valence-corrected chi connectivity index (χ3v) is 6.05. The third kappa shape index (κ3) is 5.11. The second-order valence-electron chi connectivity index (χ2n) is 7.09. The van der Waals surface area contributed by atoms with E-state index >= 15 is 0 Å². The van der Waals surface area contributed by atoms with Crippen LogP contribution in [0.25, 0.3) is 0 Å². The first-order valence-electron chi connectivity index (χ1n) is 9.36. The van der Waals surface area contributed by atoms with E-state index < -0.39 is 10.0 Å². The topological polar surface area (TPSA) is 75.7 Å². The van der Waals surface area contributed by atoms with E-state index in [1.165, 1.54) is 10.6 Å². The second kappa shape index (κ2) is 8.75. The van der Waals surface area contributed by atoms with E-state index in [0.717, 1.165) is 30.6 Å². The number of hydrogen-bond donors (Lipinski definition) is 1. The lowest BCUT2D eigenvalue weighted by molar-refractivity contribution is 0.0858. The van der Waals surface area contributed by atoms with Crippen LogP contribution in [0.4, 0.5) is 5.69 Å². The standard InChI is InChI=1S/C21H26N2O4S/c1-16-6-3-4-7-18(16)15-23(28(2,25)26)19-11-9-17(10-12-19)21(24)22-14-20-8-5-13-27-20/h3-4,6-7,9-12,20H,5,8,13-15H2,1-2H3,(H,22,24)/t20-/m0/s1. The van der Waals surface area contributed by atoms with Gasteiger partial charge in [0.05, 0.1) is 24.6 Å². The predicted octanol–water partition coefficient (Wildman–Crippen LogP) is 2.87. The summed E-state index contributed by atoms with van der Waals surface area (Å²) in [6.45, 7) is 3.44. The van der Waals surface area contributed by atoms with Crippen LogP contribution in [0.2, 0.25) is 0 Å². The first kappa shape index (κ1) is 20.4. The number of carbonyl (C=O) groups excluding carboxylic acids is 1. The van der Waals surface area contributed by atoms with Crippen LogP contribution in [-0.4, -0.2) is 39.8 Å². The number of sulfonamides is 1. The lowest BCUT2D eigenvalue weighted by Gasteiger charge is -2.23. The van der Waals surface area contributed by atoms with Gasteiger partial charge in [-0.2, -0.15) is 0 Å². The Kier molecular flexibility index (Phi) is 6.36. The van der Waals surface area contributed by atoms with E-state index in [4.69, 9.17) is 4.74 Å². The number of aryl methyl sites for hydroxylation is 1. The Morgan fingerprint density at radius 3 is 2.50 bits per heavy atom. The van der Waals surface area contributed by atoms with Gasteiger partial charge in [0.2, 0.25) is 10.0 Å². The molecule has 0 aliphatic carbocycles. The van der Waals surface area contributed by atoms with Crippen LogP contribution in [0.15, 0.2) is 48.5 Å². The number of amides is 1. The van der Waals surface area contributed by atoms with Crippen molar-refractivity contribution in [3.8, 4) is 0 Å². The molecule has 1 atom stereocenters. The minimum atomic E-state index is -3.47. The van der Waals surface area contributed by atoms with Crippen LogP contribution in [0.3, 0.4) is 0 Å². The van der Waals surface area contributed by atoms with Gasteiger partial charge in [-0.15, -0.1) is 0 Å². The Hall–Kier alpha value is -2.38. The molecular formula is C21H26N2O4S. The first-order chi connectivity index (χ1) is 13.3. The number of carbonyl (C=O) groups is 1. The highest BCUT2D eigenvalue weighted by atomic mass is 32.2. The Labute approximate surface area is 166 Å². The van der Waals surface area contributed by atoms with Crippen LogP contribution in [0.5, 0.6) is 0 Å². The van der Waals surface area contributed by atoms with Gasteiger partial charge in [-0.3, -0.25) is 9.10 Å². The monoisotopic (exact) mass is 402 g/mol. The van der Waals surface area contributed by atoms with Gasteiger partial charge in [-0.05, 0) is 55.2 Å². The Morgan fingerprint density at radius 1 is 1.18 bits per heavy atom. The van der Waals surface area contributed by atoms with Crippen molar-refractivity contribution in [1.29, 1.82) is 0 Å². The number of rotatable bonds is 7. The van der Waals surface area contributed by atoms with Gasteiger partial charge in [0, 0.05) is 18.7 Å². The Bertz CT molecular complexity index is 920. The zero-order valence-electron chi connectivity index (χ0n) is 16.2. The zero-order valence-corrected chi connectivity index (χ0v) is 17.0. The van der Waals surface area contributed by atoms with Gasteiger partial charge >= 0.3 is 0 Å². The number of hydrogen-bond acceptors (Lipinski definition) is 4. The van der Waals surface area contributed by atoms with Gasteiger partial charge in [0.1, 0.15) is 0 Å². The predicted molar refractivity (Wildman–Crippen MR) is 110 cm³/mol. The molecule has 1 fully saturated rings. The zero-order chi connectivity index (χ0) is 20.1. The SMILES string of the molecule is Cc1ccccc1CN(c1ccc(C(=O)NC[C@@H]2CCCO2)cc1)S(C)(=O)=O. The van der Waals surface area contributed by atoms with Crippen molar-refractivity contribution in [3.63, 3.8) is 0 Å². The number of benzene rings is 2. The molecule has 2 aromatic rings. The molecule has 150 valence electrons. The number of nitrogens with one attached hydrogen (secondary N) is 1. The summed E-state index contributed by atoms with van der Waals surface area (Å²) in [4.78, 5) is 12.3. The molecule has 28 heavy (non-hydrogen) atoms. The highest BCUT2D eigenvalue weighted by Gasteiger charge is 2.20. The summed E-state index contributed by atoms with van der Waals surface area (Å²) in [5, 5.41) is 2.87. The van der Waals surface area contributed by atoms with Crippen LogP contribution >= 0.6 is 0 Å². The van der Waals surface area contributed by atoms with E-state index in [1.54, 1.807) is 24.3 Å². The maximum atomic E-state index is 12.3. The fourth-order valence-corrected chi connectivity index (χ4v) is 4.11. The molecule has 1 saturated heterocycles. The van der Waals surface area contributed by atoms with Gasteiger partial charge < -0.3 is 10.1 Å². The van der Waals surface area contributed by atoms with Crippen LogP contribution < -0.4 is 9.62 Å². The molecule has 0 bridgehead atoms. The fourth-order valence-electron chi connectivity index (χ4n) is 3.24. The molecule has 0 unspecified atom stereocenters. The van der Waals surface area contributed by atoms with Crippen LogP contribution in [0, 0.1) is 6.92 Å². The van der Waals surface area contributed by atoms with E-state index in [2.05, 4.69) is 5.32 Å². The van der Waals surface area contributed by atoms with Crippen molar-refractivity contribution in [1.82, 2.24) is 5.32 Å². The minimum Gasteiger partial charge on any atom is -0.376 e. The fraction of sp³-hybridized carbons (Fsp3) is 0.381. The first-order valence-corrected chi connectivity index (χ1v) is 11.2. The Morgan fingerprint density at radius 2 is 1.89 bits per heavy atom. The highest BCUT2D eigenvalue weighted by molar-refractivity contribution is 7.92. The summed E-state index contributed by atoms with van der Waals surface area (Å²) in [6, 6.07) is 14.3. The second-order valence-corrected chi connectivity index (χ2v) is 8.99. The van der Waals surface area contributed by atoms with E-state index in [1.807, 2.05) is 31.2 Å². The van der Waals surface area contributed by atoms with Crippen molar-refractivity contribution in [3.05, 3.63) is 65.2 Å². The summed E-state index contributed by atoms with van der Waals surface area (Å²) < 4.78 is 31.6. The lowest BCUT2D eigenvalue weighted by atomic mass is 10.1. The van der Waals surface area contributed by atoms with Gasteiger partial charge in [0.15, 0.2) is 0 Å². The molecule has 3 rings (SSSR count). The molecular weight excluding hydrogens is 376 g/mol. The molecule has 1 heterocycles. The minimum absolute atomic E-state index is 0.0815. The summed E-state index contributed by atoms with van der Waals surface area (Å²) in [5.74, 6) is -0.188. The maximum absolute atomic E-state index is 12.3. The van der Waals surface area contributed by atoms with E-state index in [0.29, 0.717) is 17.8 Å². The quantitative estimate of drug-likeness (QED) is 0.773.